The molecule has 1 aromatic rings. The molecule has 0 aliphatic carbocycles. The van der Waals surface area contributed by atoms with Crippen LogP contribution in [0.15, 0.2) is 18.2 Å². The number of para-hydroxylation sites is 1. The van der Waals surface area contributed by atoms with E-state index in [2.05, 4.69) is 51.2 Å². The molecule has 80 valence electrons. The molecule has 0 aromatic heterocycles. The van der Waals surface area contributed by atoms with Gasteiger partial charge in [-0.3, -0.25) is 0 Å². The molecule has 0 aliphatic rings. The van der Waals surface area contributed by atoms with Crippen molar-refractivity contribution >= 4 is 5.69 Å². The Hall–Kier alpha value is -0.383. The van der Waals surface area contributed by atoms with Crippen molar-refractivity contribution in [3.63, 3.8) is 0 Å². The molecule has 0 heterocycles. The van der Waals surface area contributed by atoms with Crippen molar-refractivity contribution in [2.45, 2.75) is 39.5 Å². The SMILES string of the molecule is CNc1c(C(C)C)cccc1C(C)C.[H-].[Li+]. The van der Waals surface area contributed by atoms with Crippen molar-refractivity contribution in [2.24, 2.45) is 0 Å². The van der Waals surface area contributed by atoms with Crippen molar-refractivity contribution in [1.82, 2.24) is 0 Å². The van der Waals surface area contributed by atoms with Gasteiger partial charge in [0.2, 0.25) is 0 Å². The third kappa shape index (κ3) is 3.29. The minimum absolute atomic E-state index is 0. The van der Waals surface area contributed by atoms with Crippen LogP contribution in [0.3, 0.4) is 0 Å². The molecule has 0 atom stereocenters. The van der Waals surface area contributed by atoms with E-state index >= 15 is 0 Å². The van der Waals surface area contributed by atoms with Crippen LogP contribution in [0, 0.1) is 0 Å². The fourth-order valence-corrected chi connectivity index (χ4v) is 1.84. The Morgan fingerprint density at radius 2 is 1.40 bits per heavy atom. The number of hydrogen-bond acceptors (Lipinski definition) is 1. The van der Waals surface area contributed by atoms with Crippen LogP contribution in [0.2, 0.25) is 0 Å². The molecule has 0 unspecified atom stereocenters. The number of hydrogen-bond donors (Lipinski definition) is 1. The summed E-state index contributed by atoms with van der Waals surface area (Å²) in [4.78, 5) is 0. The minimum atomic E-state index is 0. The topological polar surface area (TPSA) is 12.0 Å². The zero-order valence-electron chi connectivity index (χ0n) is 11.9. The Labute approximate surface area is 107 Å². The molecular weight excluding hydrogens is 177 g/mol. The molecule has 1 N–H and O–H groups in total. The van der Waals surface area contributed by atoms with Gasteiger partial charge in [-0.2, -0.15) is 0 Å². The monoisotopic (exact) mass is 199 g/mol. The standard InChI is InChI=1S/C13H21N.Li.H/c1-9(2)11-7-6-8-12(10(3)4)13(11)14-5;;/h6-10,14H,1-5H3;;/q;+1;-1. The van der Waals surface area contributed by atoms with Gasteiger partial charge in [0.1, 0.15) is 0 Å². The number of nitrogens with one attached hydrogen (secondary N) is 1. The van der Waals surface area contributed by atoms with Crippen LogP contribution >= 0.6 is 0 Å². The summed E-state index contributed by atoms with van der Waals surface area (Å²) >= 11 is 0. The summed E-state index contributed by atoms with van der Waals surface area (Å²) in [6, 6.07) is 6.58. The summed E-state index contributed by atoms with van der Waals surface area (Å²) in [5.74, 6) is 1.16. The fraction of sp³-hybridized carbons (Fsp3) is 0.538. The van der Waals surface area contributed by atoms with E-state index in [-0.39, 0.29) is 20.3 Å². The number of benzene rings is 1. The van der Waals surface area contributed by atoms with Gasteiger partial charge in [0, 0.05) is 12.7 Å². The molecule has 0 fully saturated rings. The molecule has 15 heavy (non-hydrogen) atoms. The molecule has 1 nitrogen and oxygen atoms in total. The molecule has 0 saturated heterocycles. The van der Waals surface area contributed by atoms with E-state index in [0.717, 1.165) is 0 Å². The molecule has 1 rings (SSSR count). The zero-order valence-corrected chi connectivity index (χ0v) is 10.9. The summed E-state index contributed by atoms with van der Waals surface area (Å²) in [5.41, 5.74) is 4.15. The van der Waals surface area contributed by atoms with Crippen LogP contribution in [-0.4, -0.2) is 7.05 Å². The van der Waals surface area contributed by atoms with E-state index in [0.29, 0.717) is 11.8 Å². The summed E-state index contributed by atoms with van der Waals surface area (Å²) in [6.45, 7) is 8.95. The first-order valence-electron chi connectivity index (χ1n) is 5.38. The van der Waals surface area contributed by atoms with Crippen molar-refractivity contribution in [3.8, 4) is 0 Å². The van der Waals surface area contributed by atoms with E-state index in [1.165, 1.54) is 16.8 Å². The van der Waals surface area contributed by atoms with Crippen LogP contribution in [0.25, 0.3) is 0 Å². The van der Waals surface area contributed by atoms with Gasteiger partial charge in [0.15, 0.2) is 0 Å². The molecule has 0 aliphatic heterocycles. The average Bonchev–Trinajstić information content (AvgIpc) is 2.16. The van der Waals surface area contributed by atoms with Crippen LogP contribution in [0.1, 0.15) is 52.1 Å². The third-order valence-electron chi connectivity index (χ3n) is 2.62. The molecule has 0 amide bonds. The Bertz CT molecular complexity index is 285. The minimum Gasteiger partial charge on any atom is -1.00 e. The number of anilines is 1. The van der Waals surface area contributed by atoms with Gasteiger partial charge >= 0.3 is 18.9 Å². The quantitative estimate of drug-likeness (QED) is 0.719. The molecule has 1 aromatic carbocycles. The number of rotatable bonds is 3. The summed E-state index contributed by atoms with van der Waals surface area (Å²) in [7, 11) is 2.01. The predicted octanol–water partition coefficient (Wildman–Crippen LogP) is 1.09. The summed E-state index contributed by atoms with van der Waals surface area (Å²) in [5, 5.41) is 3.33. The Morgan fingerprint density at radius 1 is 1.00 bits per heavy atom. The second-order valence-electron chi connectivity index (χ2n) is 4.37. The summed E-state index contributed by atoms with van der Waals surface area (Å²) < 4.78 is 0. The van der Waals surface area contributed by atoms with Crippen LogP contribution in [0.4, 0.5) is 5.69 Å². The van der Waals surface area contributed by atoms with Gasteiger partial charge in [-0.05, 0) is 23.0 Å². The van der Waals surface area contributed by atoms with E-state index in [1.54, 1.807) is 0 Å². The molecular formula is C13H22LiN. The normalized spacial score (nSPS) is 10.3. The first kappa shape index (κ1) is 14.6. The predicted molar refractivity (Wildman–Crippen MR) is 65.3 cm³/mol. The fourth-order valence-electron chi connectivity index (χ4n) is 1.84. The average molecular weight is 199 g/mol. The van der Waals surface area contributed by atoms with Crippen molar-refractivity contribution in [2.75, 3.05) is 12.4 Å². The van der Waals surface area contributed by atoms with Crippen LogP contribution in [0.5, 0.6) is 0 Å². The van der Waals surface area contributed by atoms with E-state index in [4.69, 9.17) is 0 Å². The second-order valence-corrected chi connectivity index (χ2v) is 4.37. The van der Waals surface area contributed by atoms with Crippen molar-refractivity contribution in [3.05, 3.63) is 29.3 Å². The maximum absolute atomic E-state index is 3.33. The van der Waals surface area contributed by atoms with E-state index in [9.17, 15) is 0 Å². The maximum atomic E-state index is 3.33. The molecule has 0 bridgehead atoms. The molecule has 0 spiro atoms. The van der Waals surface area contributed by atoms with Crippen molar-refractivity contribution in [1.29, 1.82) is 0 Å². The molecule has 2 heteroatoms. The van der Waals surface area contributed by atoms with Crippen LogP contribution in [-0.2, 0) is 0 Å². The van der Waals surface area contributed by atoms with Gasteiger partial charge in [0.25, 0.3) is 0 Å². The van der Waals surface area contributed by atoms with E-state index in [1.807, 2.05) is 7.05 Å². The van der Waals surface area contributed by atoms with Crippen molar-refractivity contribution < 1.29 is 20.3 Å². The van der Waals surface area contributed by atoms with Gasteiger partial charge in [0.05, 0.1) is 0 Å². The van der Waals surface area contributed by atoms with Gasteiger partial charge in [-0.25, -0.2) is 0 Å². The third-order valence-corrected chi connectivity index (χ3v) is 2.62. The van der Waals surface area contributed by atoms with Gasteiger partial charge in [-0.15, -0.1) is 0 Å². The Morgan fingerprint density at radius 3 is 1.67 bits per heavy atom. The summed E-state index contributed by atoms with van der Waals surface area (Å²) in [6.07, 6.45) is 0. The maximum Gasteiger partial charge on any atom is 1.00 e. The van der Waals surface area contributed by atoms with Gasteiger partial charge in [-0.1, -0.05) is 45.9 Å². The first-order chi connectivity index (χ1) is 6.57. The first-order valence-corrected chi connectivity index (χ1v) is 5.38. The molecule has 0 radical (unpaired) electrons. The smallest absolute Gasteiger partial charge is 1.00 e. The van der Waals surface area contributed by atoms with Crippen LogP contribution < -0.4 is 24.2 Å². The van der Waals surface area contributed by atoms with Gasteiger partial charge < -0.3 is 6.74 Å². The Balaban J connectivity index is 0. The second kappa shape index (κ2) is 6.25. The largest absolute Gasteiger partial charge is 1.00 e. The molecule has 0 saturated carbocycles. The zero-order chi connectivity index (χ0) is 10.7. The Kier molecular flexibility index (Phi) is 6.10. The van der Waals surface area contributed by atoms with E-state index < -0.39 is 0 Å².